The van der Waals surface area contributed by atoms with E-state index in [2.05, 4.69) is 5.32 Å². The lowest BCUT2D eigenvalue weighted by Gasteiger charge is -2.27. The average molecular weight is 342 g/mol. The fraction of sp³-hybridized carbons (Fsp3) is 0.467. The van der Waals surface area contributed by atoms with Crippen molar-refractivity contribution < 1.29 is 9.59 Å². The van der Waals surface area contributed by atoms with Gasteiger partial charge >= 0.3 is 0 Å². The molecule has 1 heterocycles. The third-order valence-corrected chi connectivity index (χ3v) is 4.86. The molecule has 2 amide bonds. The molecule has 5 nitrogen and oxygen atoms in total. The van der Waals surface area contributed by atoms with Crippen LogP contribution >= 0.6 is 23.4 Å². The number of carbonyl (C=O) groups excluding carboxylic acids is 2. The van der Waals surface area contributed by atoms with Crippen molar-refractivity contribution in [1.29, 1.82) is 0 Å². The topological polar surface area (TPSA) is 52.7 Å². The lowest BCUT2D eigenvalue weighted by molar-refractivity contribution is -0.133. The Morgan fingerprint density at radius 1 is 1.41 bits per heavy atom. The second-order valence-corrected chi connectivity index (χ2v) is 6.60. The molecule has 0 saturated carbocycles. The van der Waals surface area contributed by atoms with Crippen LogP contribution in [0.25, 0.3) is 0 Å². The molecule has 0 bridgehead atoms. The highest BCUT2D eigenvalue weighted by atomic mass is 35.5. The maximum Gasteiger partial charge on any atom is 0.255 e. The van der Waals surface area contributed by atoms with Crippen molar-refractivity contribution in [1.82, 2.24) is 15.1 Å². The van der Waals surface area contributed by atoms with Gasteiger partial charge in [0, 0.05) is 36.5 Å². The van der Waals surface area contributed by atoms with Gasteiger partial charge in [-0.2, -0.15) is 0 Å². The van der Waals surface area contributed by atoms with Crippen LogP contribution in [0.15, 0.2) is 24.3 Å². The molecule has 1 aliphatic heterocycles. The third-order valence-electron chi connectivity index (χ3n) is 3.59. The molecule has 1 aliphatic rings. The van der Waals surface area contributed by atoms with Gasteiger partial charge in [0.05, 0.1) is 5.88 Å². The second-order valence-electron chi connectivity index (χ2n) is 5.16. The van der Waals surface area contributed by atoms with E-state index in [4.69, 9.17) is 11.6 Å². The average Bonchev–Trinajstić information content (AvgIpc) is 3.01. The van der Waals surface area contributed by atoms with E-state index < -0.39 is 6.04 Å². The van der Waals surface area contributed by atoms with Crippen molar-refractivity contribution in [2.24, 2.45) is 0 Å². The van der Waals surface area contributed by atoms with Crippen LogP contribution in [0.2, 0.25) is 5.02 Å². The van der Waals surface area contributed by atoms with E-state index in [9.17, 15) is 9.59 Å². The summed E-state index contributed by atoms with van der Waals surface area (Å²) in [6.07, 6.45) is 0. The van der Waals surface area contributed by atoms with Crippen LogP contribution < -0.4 is 5.32 Å². The lowest BCUT2D eigenvalue weighted by atomic mass is 10.1. The Labute approximate surface area is 140 Å². The summed E-state index contributed by atoms with van der Waals surface area (Å²) in [4.78, 5) is 28.4. The van der Waals surface area contributed by atoms with E-state index in [-0.39, 0.29) is 11.8 Å². The van der Waals surface area contributed by atoms with Crippen LogP contribution in [0.5, 0.6) is 0 Å². The molecule has 120 valence electrons. The Morgan fingerprint density at radius 2 is 2.09 bits per heavy atom. The number of nitrogens with zero attached hydrogens (tertiary/aromatic N) is 2. The minimum Gasteiger partial charge on any atom is -0.343 e. The van der Waals surface area contributed by atoms with Gasteiger partial charge in [0.25, 0.3) is 5.91 Å². The minimum absolute atomic E-state index is 0.0115. The third kappa shape index (κ3) is 3.94. The lowest BCUT2D eigenvalue weighted by Crippen LogP contribution is -2.48. The van der Waals surface area contributed by atoms with E-state index in [1.165, 1.54) is 0 Å². The van der Waals surface area contributed by atoms with Crippen molar-refractivity contribution in [3.05, 3.63) is 34.9 Å². The fourth-order valence-corrected chi connectivity index (χ4v) is 3.52. The zero-order valence-electron chi connectivity index (χ0n) is 12.7. The number of thioether (sulfide) groups is 1. The van der Waals surface area contributed by atoms with E-state index in [0.29, 0.717) is 28.8 Å². The minimum atomic E-state index is -0.393. The molecule has 2 rings (SSSR count). The maximum atomic E-state index is 12.6. The first kappa shape index (κ1) is 17.1. The van der Waals surface area contributed by atoms with E-state index >= 15 is 0 Å². The number of hydrogen-bond acceptors (Lipinski definition) is 4. The molecular weight excluding hydrogens is 322 g/mol. The molecule has 0 aromatic heterocycles. The highest BCUT2D eigenvalue weighted by Crippen LogP contribution is 2.24. The highest BCUT2D eigenvalue weighted by Gasteiger charge is 2.36. The van der Waals surface area contributed by atoms with Crippen LogP contribution in [0.3, 0.4) is 0 Å². The molecule has 1 N–H and O–H groups in total. The molecule has 7 heteroatoms. The number of benzene rings is 1. The number of likely N-dealkylation sites (N-methyl/N-ethyl adjacent to an activating group) is 2. The number of carbonyl (C=O) groups is 2. The van der Waals surface area contributed by atoms with Gasteiger partial charge in [-0.25, -0.2) is 0 Å². The Morgan fingerprint density at radius 3 is 2.73 bits per heavy atom. The largest absolute Gasteiger partial charge is 0.343 e. The fourth-order valence-electron chi connectivity index (χ4n) is 2.25. The van der Waals surface area contributed by atoms with Gasteiger partial charge in [0.15, 0.2) is 0 Å². The molecule has 1 atom stereocenters. The summed E-state index contributed by atoms with van der Waals surface area (Å²) in [5.41, 5.74) is 0.558. The SMILES string of the molecule is CNCCN(C)C(=O)C1CSCN1C(=O)c1ccc(Cl)cc1. The summed E-state index contributed by atoms with van der Waals surface area (Å²) < 4.78 is 0. The summed E-state index contributed by atoms with van der Waals surface area (Å²) >= 11 is 7.45. The number of rotatable bonds is 5. The molecule has 1 unspecified atom stereocenters. The Balaban J connectivity index is 2.08. The van der Waals surface area contributed by atoms with E-state index in [1.807, 2.05) is 7.05 Å². The van der Waals surface area contributed by atoms with Crippen LogP contribution in [-0.4, -0.2) is 66.5 Å². The van der Waals surface area contributed by atoms with Gasteiger partial charge in [0.1, 0.15) is 6.04 Å². The predicted octanol–water partition coefficient (Wildman–Crippen LogP) is 1.53. The van der Waals surface area contributed by atoms with Gasteiger partial charge in [0.2, 0.25) is 5.91 Å². The van der Waals surface area contributed by atoms with Gasteiger partial charge in [-0.1, -0.05) is 11.6 Å². The first-order chi connectivity index (χ1) is 10.5. The van der Waals surface area contributed by atoms with Crippen molar-refractivity contribution in [3.8, 4) is 0 Å². The first-order valence-electron chi connectivity index (χ1n) is 7.08. The highest BCUT2D eigenvalue weighted by molar-refractivity contribution is 7.99. The van der Waals surface area contributed by atoms with Gasteiger partial charge in [-0.15, -0.1) is 11.8 Å². The summed E-state index contributed by atoms with van der Waals surface area (Å²) in [5.74, 6) is 1.05. The number of amides is 2. The standard InChI is InChI=1S/C15H20ClN3O2S/c1-17-7-8-18(2)15(21)13-9-22-10-19(13)14(20)11-3-5-12(16)6-4-11/h3-6,13,17H,7-10H2,1-2H3. The van der Waals surface area contributed by atoms with E-state index in [1.54, 1.807) is 52.9 Å². The second kappa shape index (κ2) is 7.85. The van der Waals surface area contributed by atoms with E-state index in [0.717, 1.165) is 6.54 Å². The zero-order chi connectivity index (χ0) is 16.1. The monoisotopic (exact) mass is 341 g/mol. The van der Waals surface area contributed by atoms with Gasteiger partial charge < -0.3 is 15.1 Å². The molecule has 0 radical (unpaired) electrons. The molecular formula is C15H20ClN3O2S. The van der Waals surface area contributed by atoms with Crippen molar-refractivity contribution in [2.45, 2.75) is 6.04 Å². The molecule has 22 heavy (non-hydrogen) atoms. The summed E-state index contributed by atoms with van der Waals surface area (Å²) in [7, 11) is 3.62. The van der Waals surface area contributed by atoms with Crippen LogP contribution in [0.4, 0.5) is 0 Å². The summed E-state index contributed by atoms with van der Waals surface area (Å²) in [6, 6.07) is 6.37. The zero-order valence-corrected chi connectivity index (χ0v) is 14.3. The molecule has 1 aromatic rings. The Hall–Kier alpha value is -1.24. The Kier molecular flexibility index (Phi) is 6.11. The quantitative estimate of drug-likeness (QED) is 0.882. The van der Waals surface area contributed by atoms with Crippen molar-refractivity contribution >= 4 is 35.2 Å². The summed E-state index contributed by atoms with van der Waals surface area (Å²) in [6.45, 7) is 1.35. The first-order valence-corrected chi connectivity index (χ1v) is 8.61. The normalized spacial score (nSPS) is 17.6. The van der Waals surface area contributed by atoms with Crippen molar-refractivity contribution in [2.75, 3.05) is 38.8 Å². The van der Waals surface area contributed by atoms with Gasteiger partial charge in [-0.3, -0.25) is 9.59 Å². The number of hydrogen-bond donors (Lipinski definition) is 1. The smallest absolute Gasteiger partial charge is 0.255 e. The molecule has 1 aromatic carbocycles. The van der Waals surface area contributed by atoms with Crippen molar-refractivity contribution in [3.63, 3.8) is 0 Å². The number of nitrogens with one attached hydrogen (secondary N) is 1. The number of halogens is 1. The molecule has 0 aliphatic carbocycles. The van der Waals surface area contributed by atoms with Crippen LogP contribution in [0.1, 0.15) is 10.4 Å². The Bertz CT molecular complexity index is 538. The summed E-state index contributed by atoms with van der Waals surface area (Å²) in [5, 5.41) is 3.61. The molecule has 0 spiro atoms. The maximum absolute atomic E-state index is 12.6. The molecule has 1 saturated heterocycles. The van der Waals surface area contributed by atoms with Crippen LogP contribution in [0, 0.1) is 0 Å². The predicted molar refractivity (Wildman–Crippen MR) is 90.3 cm³/mol. The van der Waals surface area contributed by atoms with Gasteiger partial charge in [-0.05, 0) is 31.3 Å². The van der Waals surface area contributed by atoms with Crippen LogP contribution in [-0.2, 0) is 4.79 Å². The molecule has 1 fully saturated rings.